The van der Waals surface area contributed by atoms with Gasteiger partial charge < -0.3 is 14.8 Å². The molecule has 0 spiro atoms. The molecule has 19 heavy (non-hydrogen) atoms. The van der Waals surface area contributed by atoms with Crippen LogP contribution in [-0.2, 0) is 4.74 Å². The fraction of sp³-hybridized carbons (Fsp3) is 0.625. The third-order valence-electron chi connectivity index (χ3n) is 3.16. The van der Waals surface area contributed by atoms with E-state index in [1.165, 1.54) is 5.56 Å². The number of nitrogens with one attached hydrogen (secondary N) is 1. The molecule has 1 aromatic carbocycles. The Morgan fingerprint density at radius 2 is 1.79 bits per heavy atom. The van der Waals surface area contributed by atoms with Gasteiger partial charge in [0.05, 0.1) is 18.2 Å². The molecule has 0 aromatic heterocycles. The fourth-order valence-corrected chi connectivity index (χ4v) is 2.37. The lowest BCUT2D eigenvalue weighted by atomic mass is 9.93. The first-order valence-corrected chi connectivity index (χ1v) is 6.96. The van der Waals surface area contributed by atoms with Gasteiger partial charge in [0.15, 0.2) is 0 Å². The van der Waals surface area contributed by atoms with Gasteiger partial charge in [0.2, 0.25) is 0 Å². The zero-order valence-electron chi connectivity index (χ0n) is 12.9. The Hall–Kier alpha value is -1.06. The molecule has 0 saturated carbocycles. The molecular formula is C16H27NO2. The van der Waals surface area contributed by atoms with Gasteiger partial charge in [-0.2, -0.15) is 0 Å². The Balaban J connectivity index is 2.97. The molecule has 0 fully saturated rings. The van der Waals surface area contributed by atoms with E-state index in [-0.39, 0.29) is 18.2 Å². The van der Waals surface area contributed by atoms with Crippen molar-refractivity contribution in [3.8, 4) is 5.75 Å². The van der Waals surface area contributed by atoms with E-state index in [1.54, 1.807) is 7.11 Å². The van der Waals surface area contributed by atoms with Crippen LogP contribution in [0.2, 0.25) is 0 Å². The molecule has 1 N–H and O–H groups in total. The van der Waals surface area contributed by atoms with Crippen LogP contribution in [-0.4, -0.2) is 26.4 Å². The Morgan fingerprint density at radius 1 is 1.11 bits per heavy atom. The van der Waals surface area contributed by atoms with E-state index in [9.17, 15) is 0 Å². The predicted octanol–water partition coefficient (Wildman–Crippen LogP) is 3.41. The topological polar surface area (TPSA) is 30.5 Å². The summed E-state index contributed by atoms with van der Waals surface area (Å²) in [7, 11) is 3.73. The number of ether oxygens (including phenoxy) is 2. The molecule has 0 bridgehead atoms. The van der Waals surface area contributed by atoms with Gasteiger partial charge in [0, 0.05) is 7.11 Å². The highest BCUT2D eigenvalue weighted by molar-refractivity contribution is 5.31. The van der Waals surface area contributed by atoms with Crippen LogP contribution in [0, 0.1) is 5.92 Å². The van der Waals surface area contributed by atoms with Gasteiger partial charge in [0.25, 0.3) is 0 Å². The molecular weight excluding hydrogens is 238 g/mol. The van der Waals surface area contributed by atoms with Crippen LogP contribution in [0.1, 0.15) is 39.3 Å². The molecule has 0 aliphatic heterocycles. The van der Waals surface area contributed by atoms with Crippen LogP contribution >= 0.6 is 0 Å². The average molecular weight is 265 g/mol. The zero-order chi connectivity index (χ0) is 14.4. The normalized spacial score (nSPS) is 14.7. The summed E-state index contributed by atoms with van der Waals surface area (Å²) >= 11 is 0. The van der Waals surface area contributed by atoms with Gasteiger partial charge >= 0.3 is 0 Å². The van der Waals surface area contributed by atoms with Crippen LogP contribution in [0.15, 0.2) is 24.3 Å². The molecule has 0 amide bonds. The Bertz CT molecular complexity index is 377. The summed E-state index contributed by atoms with van der Waals surface area (Å²) in [4.78, 5) is 0. The van der Waals surface area contributed by atoms with Crippen LogP contribution < -0.4 is 10.1 Å². The Morgan fingerprint density at radius 3 is 2.26 bits per heavy atom. The quantitative estimate of drug-likeness (QED) is 0.819. The minimum absolute atomic E-state index is 0.138. The van der Waals surface area contributed by atoms with Crippen molar-refractivity contribution in [1.29, 1.82) is 0 Å². The van der Waals surface area contributed by atoms with Crippen molar-refractivity contribution >= 4 is 0 Å². The number of benzene rings is 1. The molecule has 0 heterocycles. The number of hydrogen-bond donors (Lipinski definition) is 1. The summed E-state index contributed by atoms with van der Waals surface area (Å²) in [6, 6.07) is 8.40. The first-order valence-electron chi connectivity index (χ1n) is 6.96. The molecule has 0 radical (unpaired) electrons. The Labute approximate surface area is 117 Å². The highest BCUT2D eigenvalue weighted by Gasteiger charge is 2.24. The first-order chi connectivity index (χ1) is 8.99. The minimum Gasteiger partial charge on any atom is -0.491 e. The standard InChI is InChI=1S/C16H27NO2/c1-11(2)16(18-6)15(17-5)13-8-7-9-14(10-13)19-12(3)4/h7-12,15-17H,1-6H3. The molecule has 0 aliphatic rings. The van der Waals surface area contributed by atoms with Gasteiger partial charge in [-0.1, -0.05) is 26.0 Å². The lowest BCUT2D eigenvalue weighted by Gasteiger charge is -2.29. The lowest BCUT2D eigenvalue weighted by molar-refractivity contribution is 0.0347. The van der Waals surface area contributed by atoms with Crippen molar-refractivity contribution in [1.82, 2.24) is 5.32 Å². The highest BCUT2D eigenvalue weighted by Crippen LogP contribution is 2.27. The van der Waals surface area contributed by atoms with Gasteiger partial charge in [-0.25, -0.2) is 0 Å². The Kier molecular flexibility index (Phi) is 6.32. The number of methoxy groups -OCH3 is 1. The molecule has 1 rings (SSSR count). The van der Waals surface area contributed by atoms with Crippen molar-refractivity contribution in [2.45, 2.75) is 45.9 Å². The van der Waals surface area contributed by atoms with Gasteiger partial charge in [-0.15, -0.1) is 0 Å². The van der Waals surface area contributed by atoms with Crippen LogP contribution in [0.4, 0.5) is 0 Å². The number of rotatable bonds is 7. The second-order valence-corrected chi connectivity index (χ2v) is 5.45. The molecule has 2 unspecified atom stereocenters. The second kappa shape index (κ2) is 7.51. The maximum atomic E-state index is 5.75. The van der Waals surface area contributed by atoms with E-state index < -0.39 is 0 Å². The molecule has 0 aliphatic carbocycles. The zero-order valence-corrected chi connectivity index (χ0v) is 12.9. The maximum absolute atomic E-state index is 5.75. The van der Waals surface area contributed by atoms with E-state index in [1.807, 2.05) is 33.0 Å². The molecule has 1 aromatic rings. The van der Waals surface area contributed by atoms with Crippen molar-refractivity contribution in [2.75, 3.05) is 14.2 Å². The average Bonchev–Trinajstić information content (AvgIpc) is 2.34. The third kappa shape index (κ3) is 4.51. The molecule has 108 valence electrons. The van der Waals surface area contributed by atoms with Gasteiger partial charge in [-0.3, -0.25) is 0 Å². The molecule has 0 saturated heterocycles. The number of likely N-dealkylation sites (N-methyl/N-ethyl adjacent to an activating group) is 1. The highest BCUT2D eigenvalue weighted by atomic mass is 16.5. The smallest absolute Gasteiger partial charge is 0.120 e. The fourth-order valence-electron chi connectivity index (χ4n) is 2.37. The summed E-state index contributed by atoms with van der Waals surface area (Å²) in [6.45, 7) is 8.42. The molecule has 2 atom stereocenters. The van der Waals surface area contributed by atoms with E-state index >= 15 is 0 Å². The SMILES string of the molecule is CNC(c1cccc(OC(C)C)c1)C(OC)C(C)C. The predicted molar refractivity (Wildman–Crippen MR) is 79.6 cm³/mol. The van der Waals surface area contributed by atoms with Crippen molar-refractivity contribution in [3.05, 3.63) is 29.8 Å². The summed E-state index contributed by atoms with van der Waals surface area (Å²) in [5.41, 5.74) is 1.20. The summed E-state index contributed by atoms with van der Waals surface area (Å²) in [6.07, 6.45) is 0.325. The van der Waals surface area contributed by atoms with E-state index in [0.717, 1.165) is 5.75 Å². The first kappa shape index (κ1) is 16.0. The van der Waals surface area contributed by atoms with E-state index in [0.29, 0.717) is 5.92 Å². The van der Waals surface area contributed by atoms with Gasteiger partial charge in [-0.05, 0) is 44.5 Å². The third-order valence-corrected chi connectivity index (χ3v) is 3.16. The van der Waals surface area contributed by atoms with Crippen molar-refractivity contribution in [3.63, 3.8) is 0 Å². The van der Waals surface area contributed by atoms with Crippen LogP contribution in [0.3, 0.4) is 0 Å². The monoisotopic (exact) mass is 265 g/mol. The van der Waals surface area contributed by atoms with E-state index in [4.69, 9.17) is 9.47 Å². The van der Waals surface area contributed by atoms with Crippen LogP contribution in [0.5, 0.6) is 5.75 Å². The van der Waals surface area contributed by atoms with E-state index in [2.05, 4.69) is 31.3 Å². The maximum Gasteiger partial charge on any atom is 0.120 e. The summed E-state index contributed by atoms with van der Waals surface area (Å²) in [5.74, 6) is 1.35. The van der Waals surface area contributed by atoms with Crippen molar-refractivity contribution < 1.29 is 9.47 Å². The summed E-state index contributed by atoms with van der Waals surface area (Å²) in [5, 5.41) is 3.35. The minimum atomic E-state index is 0.138. The van der Waals surface area contributed by atoms with Crippen molar-refractivity contribution in [2.24, 2.45) is 5.92 Å². The van der Waals surface area contributed by atoms with Crippen LogP contribution in [0.25, 0.3) is 0 Å². The second-order valence-electron chi connectivity index (χ2n) is 5.45. The lowest BCUT2D eigenvalue weighted by Crippen LogP contribution is -2.34. The largest absolute Gasteiger partial charge is 0.491 e. The molecule has 3 heteroatoms. The number of hydrogen-bond acceptors (Lipinski definition) is 3. The van der Waals surface area contributed by atoms with Gasteiger partial charge in [0.1, 0.15) is 5.75 Å². The summed E-state index contributed by atoms with van der Waals surface area (Å²) < 4.78 is 11.4. The molecule has 3 nitrogen and oxygen atoms in total.